The average Bonchev–Trinajstić information content (AvgIpc) is 2.86. The Labute approximate surface area is 222 Å². The quantitative estimate of drug-likeness (QED) is 0.413. The third-order valence-electron chi connectivity index (χ3n) is 7.36. The third kappa shape index (κ3) is 5.38. The molecule has 0 spiro atoms. The zero-order valence-corrected chi connectivity index (χ0v) is 22.8. The van der Waals surface area contributed by atoms with E-state index in [2.05, 4.69) is 55.9 Å². The van der Waals surface area contributed by atoms with Crippen LogP contribution in [0.3, 0.4) is 0 Å². The van der Waals surface area contributed by atoms with Gasteiger partial charge in [-0.25, -0.2) is 27.5 Å². The van der Waals surface area contributed by atoms with Gasteiger partial charge in [0.25, 0.3) is 0 Å². The molecule has 0 amide bonds. The number of aliphatic hydroxyl groups is 1. The number of piperidine rings is 1. The van der Waals surface area contributed by atoms with Crippen LogP contribution in [0, 0.1) is 0 Å². The van der Waals surface area contributed by atoms with Gasteiger partial charge in [-0.2, -0.15) is 4.98 Å². The van der Waals surface area contributed by atoms with Crippen LogP contribution in [0.1, 0.15) is 38.7 Å². The number of hydrogen-bond acceptors (Lipinski definition) is 9. The Morgan fingerprint density at radius 2 is 1.92 bits per heavy atom. The average molecular weight is 544 g/mol. The lowest BCUT2D eigenvalue weighted by Gasteiger charge is -2.48. The Hall–Kier alpha value is -3.09. The zero-order chi connectivity index (χ0) is 27.2. The molecular formula is C26H34FN7O3S. The van der Waals surface area contributed by atoms with Gasteiger partial charge in [-0.1, -0.05) is 19.9 Å². The lowest BCUT2D eigenvalue weighted by atomic mass is 9.92. The maximum absolute atomic E-state index is 14.0. The Balaban J connectivity index is 1.41. The molecule has 4 atom stereocenters. The molecule has 3 aromatic rings. The minimum Gasteiger partial charge on any atom is -0.390 e. The monoisotopic (exact) mass is 543 g/mol. The molecule has 2 aliphatic heterocycles. The summed E-state index contributed by atoms with van der Waals surface area (Å²) in [6.45, 7) is 7.42. The first-order valence-electron chi connectivity index (χ1n) is 12.8. The van der Waals surface area contributed by atoms with Gasteiger partial charge in [-0.05, 0) is 48.4 Å². The molecule has 38 heavy (non-hydrogen) atoms. The van der Waals surface area contributed by atoms with Crippen LogP contribution in [0.15, 0.2) is 36.7 Å². The number of sulfonamides is 1. The van der Waals surface area contributed by atoms with Gasteiger partial charge in [0.2, 0.25) is 16.0 Å². The summed E-state index contributed by atoms with van der Waals surface area (Å²) in [5, 5.41) is 15.0. The molecule has 3 N–H and O–H groups in total. The molecule has 0 saturated carbocycles. The van der Waals surface area contributed by atoms with Crippen molar-refractivity contribution >= 4 is 44.1 Å². The van der Waals surface area contributed by atoms with Gasteiger partial charge in [0, 0.05) is 42.6 Å². The van der Waals surface area contributed by atoms with Crippen molar-refractivity contribution in [3.63, 3.8) is 0 Å². The summed E-state index contributed by atoms with van der Waals surface area (Å²) in [6, 6.07) is 7.82. The summed E-state index contributed by atoms with van der Waals surface area (Å²) in [7, 11) is -3.27. The molecule has 2 fully saturated rings. The fourth-order valence-corrected chi connectivity index (χ4v) is 6.00. The number of alkyl halides is 1. The van der Waals surface area contributed by atoms with Crippen LogP contribution in [0.2, 0.25) is 0 Å². The molecular weight excluding hydrogens is 509 g/mol. The van der Waals surface area contributed by atoms with Gasteiger partial charge in [-0.15, -0.1) is 0 Å². The normalized spacial score (nSPS) is 24.1. The first-order chi connectivity index (χ1) is 18.0. The Kier molecular flexibility index (Phi) is 7.14. The minimum atomic E-state index is -3.27. The molecule has 2 unspecified atom stereocenters. The summed E-state index contributed by atoms with van der Waals surface area (Å²) >= 11 is 0. The second-order valence-corrected chi connectivity index (χ2v) is 12.3. The molecule has 12 heteroatoms. The second kappa shape index (κ2) is 10.2. The summed E-state index contributed by atoms with van der Waals surface area (Å²) in [4.78, 5) is 17.4. The van der Waals surface area contributed by atoms with Crippen molar-refractivity contribution in [3.05, 3.63) is 42.2 Å². The van der Waals surface area contributed by atoms with Crippen molar-refractivity contribution in [1.82, 2.24) is 19.7 Å². The molecule has 2 saturated heterocycles. The number of aromatic nitrogens is 3. The van der Waals surface area contributed by atoms with Gasteiger partial charge < -0.3 is 20.2 Å². The molecule has 204 valence electrons. The van der Waals surface area contributed by atoms with E-state index >= 15 is 0 Å². The first kappa shape index (κ1) is 26.5. The number of anilines is 4. The number of fused-ring (bicyclic) bond motifs is 1. The lowest BCUT2D eigenvalue weighted by molar-refractivity contribution is 0.0612. The van der Waals surface area contributed by atoms with E-state index in [1.54, 1.807) is 17.2 Å². The van der Waals surface area contributed by atoms with Crippen LogP contribution in [-0.4, -0.2) is 78.7 Å². The number of nitrogens with zero attached hydrogens (tertiary/aromatic N) is 5. The highest BCUT2D eigenvalue weighted by atomic mass is 32.2. The van der Waals surface area contributed by atoms with E-state index in [9.17, 15) is 17.9 Å². The van der Waals surface area contributed by atoms with E-state index < -0.39 is 22.3 Å². The van der Waals surface area contributed by atoms with E-state index in [1.807, 2.05) is 19.2 Å². The van der Waals surface area contributed by atoms with Crippen molar-refractivity contribution in [2.24, 2.45) is 0 Å². The first-order valence-corrected chi connectivity index (χ1v) is 14.7. The summed E-state index contributed by atoms with van der Waals surface area (Å²) < 4.78 is 40.1. The van der Waals surface area contributed by atoms with E-state index in [1.165, 1.54) is 11.8 Å². The molecule has 0 aliphatic carbocycles. The largest absolute Gasteiger partial charge is 0.390 e. The topological polar surface area (TPSA) is 124 Å². The molecule has 4 heterocycles. The predicted octanol–water partition coefficient (Wildman–Crippen LogP) is 2.93. The summed E-state index contributed by atoms with van der Waals surface area (Å²) in [5.74, 6) is 1.84. The maximum Gasteiger partial charge on any atom is 0.227 e. The van der Waals surface area contributed by atoms with Crippen LogP contribution >= 0.6 is 0 Å². The second-order valence-electron chi connectivity index (χ2n) is 10.5. The van der Waals surface area contributed by atoms with Gasteiger partial charge in [0.1, 0.15) is 17.8 Å². The predicted molar refractivity (Wildman–Crippen MR) is 147 cm³/mol. The fourth-order valence-electron chi connectivity index (χ4n) is 5.18. The van der Waals surface area contributed by atoms with Crippen LogP contribution < -0.4 is 19.8 Å². The Morgan fingerprint density at radius 3 is 2.61 bits per heavy atom. The molecule has 5 rings (SSSR count). The number of benzene rings is 1. The van der Waals surface area contributed by atoms with Gasteiger partial charge in [-0.3, -0.25) is 0 Å². The highest BCUT2D eigenvalue weighted by molar-refractivity contribution is 7.88. The van der Waals surface area contributed by atoms with Crippen LogP contribution in [0.5, 0.6) is 0 Å². The highest BCUT2D eigenvalue weighted by Crippen LogP contribution is 2.38. The van der Waals surface area contributed by atoms with Crippen molar-refractivity contribution in [3.8, 4) is 0 Å². The number of hydrogen-bond donors (Lipinski definition) is 3. The standard InChI is InChI=1S/C26H34FN7O3S/c1-15(2)17-5-6-22(34-14-21(16(34)3)32-38(4,36)37)19-12-29-25(11-18(17)19)30-24-7-9-28-26(31-24)33-10-8-23(35)20(27)13-33/h5-7,9,11-12,15-16,20-21,23,32,35H,8,10,13-14H2,1-4H3,(H,28,29,30,31)/t16-,20?,21+,23?/m0/s1. The van der Waals surface area contributed by atoms with E-state index in [0.29, 0.717) is 37.1 Å². The van der Waals surface area contributed by atoms with Gasteiger partial charge in [0.15, 0.2) is 0 Å². The lowest BCUT2D eigenvalue weighted by Crippen LogP contribution is -2.65. The molecule has 2 aliphatic rings. The summed E-state index contributed by atoms with van der Waals surface area (Å²) in [5.41, 5.74) is 2.19. The van der Waals surface area contributed by atoms with Crippen LogP contribution in [-0.2, 0) is 10.0 Å². The van der Waals surface area contributed by atoms with E-state index in [-0.39, 0.29) is 24.5 Å². The van der Waals surface area contributed by atoms with Gasteiger partial charge in [0.05, 0.1) is 24.9 Å². The van der Waals surface area contributed by atoms with Crippen LogP contribution in [0.4, 0.5) is 27.7 Å². The molecule has 0 bridgehead atoms. The fraction of sp³-hybridized carbons (Fsp3) is 0.500. The minimum absolute atomic E-state index is 0.00915. The number of rotatable bonds is 7. The number of nitrogens with one attached hydrogen (secondary N) is 2. The van der Waals surface area contributed by atoms with E-state index in [0.717, 1.165) is 16.5 Å². The Bertz CT molecular complexity index is 1440. The number of aliphatic hydroxyl groups excluding tert-OH is 1. The number of pyridine rings is 1. The summed E-state index contributed by atoms with van der Waals surface area (Å²) in [6.07, 6.45) is 2.69. The highest BCUT2D eigenvalue weighted by Gasteiger charge is 2.38. The molecule has 1 aromatic carbocycles. The van der Waals surface area contributed by atoms with Crippen molar-refractivity contribution in [1.29, 1.82) is 0 Å². The Morgan fingerprint density at radius 1 is 1.13 bits per heavy atom. The molecule has 0 radical (unpaired) electrons. The zero-order valence-electron chi connectivity index (χ0n) is 22.0. The van der Waals surface area contributed by atoms with Crippen molar-refractivity contribution in [2.45, 2.75) is 57.5 Å². The van der Waals surface area contributed by atoms with Crippen LogP contribution in [0.25, 0.3) is 10.8 Å². The van der Waals surface area contributed by atoms with Crippen molar-refractivity contribution in [2.75, 3.05) is 41.0 Å². The van der Waals surface area contributed by atoms with Gasteiger partial charge >= 0.3 is 0 Å². The smallest absolute Gasteiger partial charge is 0.227 e. The molecule has 2 aromatic heterocycles. The SMILES string of the molecule is CC(C)c1ccc(N2C[C@@H](NS(C)(=O)=O)[C@@H]2C)c2cnc(Nc3ccnc(N4CCC(O)C(F)C4)n3)cc12. The molecule has 10 nitrogen and oxygen atoms in total. The number of halogens is 1. The third-order valence-corrected chi connectivity index (χ3v) is 8.10. The van der Waals surface area contributed by atoms with Crippen molar-refractivity contribution < 1.29 is 17.9 Å². The van der Waals surface area contributed by atoms with E-state index in [4.69, 9.17) is 0 Å². The maximum atomic E-state index is 14.0.